The van der Waals surface area contributed by atoms with Crippen molar-refractivity contribution < 1.29 is 22.9 Å². The van der Waals surface area contributed by atoms with Crippen LogP contribution in [0.5, 0.6) is 5.75 Å². The lowest BCUT2D eigenvalue weighted by atomic mass is 10.2. The highest BCUT2D eigenvalue weighted by atomic mass is 32.2. The van der Waals surface area contributed by atoms with Crippen molar-refractivity contribution in [3.8, 4) is 5.75 Å². The average molecular weight is 393 g/mol. The summed E-state index contributed by atoms with van der Waals surface area (Å²) in [4.78, 5) is 23.6. The molecule has 2 rings (SSSR count). The standard InChI is InChI=1S/C17H19N3O6S/c1-13-9-10-15(12-16(13)20(22)23)27(24,25)19-18-17(21)8-5-11-26-14-6-3-2-4-7-14/h2-4,6-7,9-10,12,19H,5,8,11H2,1H3,(H,18,21). The van der Waals surface area contributed by atoms with E-state index in [0.29, 0.717) is 24.3 Å². The number of para-hydroxylation sites is 1. The van der Waals surface area contributed by atoms with Gasteiger partial charge in [-0.3, -0.25) is 20.3 Å². The Hall–Kier alpha value is -2.98. The molecule has 0 fully saturated rings. The van der Waals surface area contributed by atoms with Gasteiger partial charge in [-0.05, 0) is 31.5 Å². The zero-order valence-electron chi connectivity index (χ0n) is 14.5. The molecule has 1 amide bonds. The molecule has 0 aromatic heterocycles. The molecule has 10 heteroatoms. The van der Waals surface area contributed by atoms with Crippen LogP contribution < -0.4 is 15.0 Å². The average Bonchev–Trinajstić information content (AvgIpc) is 2.64. The molecular formula is C17H19N3O6S. The second-order valence-electron chi connectivity index (χ2n) is 5.62. The molecule has 0 saturated heterocycles. The maximum atomic E-state index is 12.2. The van der Waals surface area contributed by atoms with Crippen molar-refractivity contribution >= 4 is 21.6 Å². The molecule has 0 atom stereocenters. The van der Waals surface area contributed by atoms with E-state index in [4.69, 9.17) is 4.74 Å². The number of hydrazine groups is 1. The molecule has 27 heavy (non-hydrogen) atoms. The predicted octanol–water partition coefficient (Wildman–Crippen LogP) is 2.07. The van der Waals surface area contributed by atoms with Crippen molar-refractivity contribution in [2.24, 2.45) is 0 Å². The first-order chi connectivity index (χ1) is 12.8. The number of nitrogens with one attached hydrogen (secondary N) is 2. The second kappa shape index (κ2) is 9.10. The number of hydrogen-bond donors (Lipinski definition) is 2. The van der Waals surface area contributed by atoms with Crippen LogP contribution in [0, 0.1) is 17.0 Å². The summed E-state index contributed by atoms with van der Waals surface area (Å²) < 4.78 is 29.8. The summed E-state index contributed by atoms with van der Waals surface area (Å²) in [5, 5.41) is 10.9. The maximum absolute atomic E-state index is 12.2. The van der Waals surface area contributed by atoms with Gasteiger partial charge in [0.15, 0.2) is 0 Å². The number of ether oxygens (including phenoxy) is 1. The molecule has 0 radical (unpaired) electrons. The number of aryl methyl sites for hydroxylation is 1. The van der Waals surface area contributed by atoms with Gasteiger partial charge in [0.2, 0.25) is 5.91 Å². The van der Waals surface area contributed by atoms with Crippen molar-refractivity contribution in [3.05, 3.63) is 64.2 Å². The van der Waals surface area contributed by atoms with Gasteiger partial charge >= 0.3 is 0 Å². The van der Waals surface area contributed by atoms with Crippen molar-refractivity contribution in [1.82, 2.24) is 10.3 Å². The lowest BCUT2D eigenvalue weighted by Gasteiger charge is -2.09. The molecular weight excluding hydrogens is 374 g/mol. The van der Waals surface area contributed by atoms with Crippen LogP contribution in [0.25, 0.3) is 0 Å². The fraction of sp³-hybridized carbons (Fsp3) is 0.235. The van der Waals surface area contributed by atoms with Crippen LogP contribution in [0.4, 0.5) is 5.69 Å². The number of nitro groups is 1. The van der Waals surface area contributed by atoms with Gasteiger partial charge in [0.05, 0.1) is 16.4 Å². The number of amides is 1. The first-order valence-electron chi connectivity index (χ1n) is 8.03. The minimum atomic E-state index is -4.12. The predicted molar refractivity (Wildman–Crippen MR) is 97.5 cm³/mol. The van der Waals surface area contributed by atoms with Crippen LogP contribution in [0.1, 0.15) is 18.4 Å². The molecule has 9 nitrogen and oxygen atoms in total. The maximum Gasteiger partial charge on any atom is 0.273 e. The molecule has 0 aliphatic rings. The molecule has 0 spiro atoms. The van der Waals surface area contributed by atoms with Crippen molar-refractivity contribution in [2.45, 2.75) is 24.7 Å². The summed E-state index contributed by atoms with van der Waals surface area (Å²) in [7, 11) is -4.12. The minimum absolute atomic E-state index is 0.0450. The summed E-state index contributed by atoms with van der Waals surface area (Å²) in [5.41, 5.74) is 2.10. The van der Waals surface area contributed by atoms with Gasteiger partial charge in [-0.1, -0.05) is 24.3 Å². The van der Waals surface area contributed by atoms with Crippen LogP contribution in [-0.2, 0) is 14.8 Å². The first-order valence-corrected chi connectivity index (χ1v) is 9.51. The number of hydrogen-bond acceptors (Lipinski definition) is 6. The van der Waals surface area contributed by atoms with Crippen LogP contribution in [0.15, 0.2) is 53.4 Å². The summed E-state index contributed by atoms with van der Waals surface area (Å²) in [6.07, 6.45) is 0.432. The number of nitro benzene ring substituents is 1. The Labute approximate surface area is 156 Å². The lowest BCUT2D eigenvalue weighted by Crippen LogP contribution is -2.41. The first kappa shape index (κ1) is 20.3. The highest BCUT2D eigenvalue weighted by Crippen LogP contribution is 2.21. The summed E-state index contributed by atoms with van der Waals surface area (Å²) in [5.74, 6) is 0.136. The number of benzene rings is 2. The van der Waals surface area contributed by atoms with E-state index in [2.05, 4.69) is 5.43 Å². The fourth-order valence-corrected chi connectivity index (χ4v) is 3.02. The highest BCUT2D eigenvalue weighted by Gasteiger charge is 2.20. The third-order valence-corrected chi connectivity index (χ3v) is 4.82. The van der Waals surface area contributed by atoms with Gasteiger partial charge < -0.3 is 4.74 Å². The van der Waals surface area contributed by atoms with E-state index >= 15 is 0 Å². The second-order valence-corrected chi connectivity index (χ2v) is 7.31. The van der Waals surface area contributed by atoms with Gasteiger partial charge in [0, 0.05) is 18.1 Å². The van der Waals surface area contributed by atoms with E-state index in [-0.39, 0.29) is 17.0 Å². The molecule has 0 unspecified atom stereocenters. The number of rotatable bonds is 9. The minimum Gasteiger partial charge on any atom is -0.494 e. The Morgan fingerprint density at radius 1 is 1.19 bits per heavy atom. The van der Waals surface area contributed by atoms with E-state index < -0.39 is 20.9 Å². The Balaban J connectivity index is 1.83. The van der Waals surface area contributed by atoms with Gasteiger partial charge in [-0.25, -0.2) is 8.42 Å². The monoisotopic (exact) mass is 393 g/mol. The highest BCUT2D eigenvalue weighted by molar-refractivity contribution is 7.89. The molecule has 0 heterocycles. The number of carbonyl (C=O) groups is 1. The van der Waals surface area contributed by atoms with Gasteiger partial charge in [-0.2, -0.15) is 0 Å². The zero-order chi connectivity index (χ0) is 19.9. The van der Waals surface area contributed by atoms with E-state index in [1.807, 2.05) is 23.0 Å². The Kier molecular flexibility index (Phi) is 6.85. The molecule has 0 aliphatic heterocycles. The smallest absolute Gasteiger partial charge is 0.273 e. The van der Waals surface area contributed by atoms with Crippen LogP contribution >= 0.6 is 0 Å². The molecule has 2 aromatic rings. The number of sulfonamides is 1. The molecule has 0 aliphatic carbocycles. The van der Waals surface area contributed by atoms with E-state index in [1.165, 1.54) is 19.1 Å². The van der Waals surface area contributed by atoms with Crippen molar-refractivity contribution in [1.29, 1.82) is 0 Å². The van der Waals surface area contributed by atoms with Crippen LogP contribution in [0.2, 0.25) is 0 Å². The third kappa shape index (κ3) is 6.04. The van der Waals surface area contributed by atoms with Crippen LogP contribution in [0.3, 0.4) is 0 Å². The number of nitrogens with zero attached hydrogens (tertiary/aromatic N) is 1. The Morgan fingerprint density at radius 2 is 1.89 bits per heavy atom. The summed E-state index contributed by atoms with van der Waals surface area (Å²) >= 11 is 0. The van der Waals surface area contributed by atoms with Gasteiger partial charge in [-0.15, -0.1) is 4.83 Å². The molecule has 0 bridgehead atoms. The molecule has 2 N–H and O–H groups in total. The van der Waals surface area contributed by atoms with Gasteiger partial charge in [0.25, 0.3) is 15.7 Å². The Morgan fingerprint density at radius 3 is 2.56 bits per heavy atom. The quantitative estimate of drug-likeness (QED) is 0.381. The van der Waals surface area contributed by atoms with Crippen molar-refractivity contribution in [3.63, 3.8) is 0 Å². The normalized spacial score (nSPS) is 11.0. The van der Waals surface area contributed by atoms with E-state index in [0.717, 1.165) is 6.07 Å². The summed E-state index contributed by atoms with van der Waals surface area (Å²) in [6.45, 7) is 1.80. The third-order valence-electron chi connectivity index (χ3n) is 3.57. The molecule has 0 saturated carbocycles. The largest absolute Gasteiger partial charge is 0.494 e. The van der Waals surface area contributed by atoms with Crippen molar-refractivity contribution in [2.75, 3.05) is 6.61 Å². The van der Waals surface area contributed by atoms with E-state index in [1.54, 1.807) is 12.1 Å². The molecule has 2 aromatic carbocycles. The lowest BCUT2D eigenvalue weighted by molar-refractivity contribution is -0.385. The Bertz CT molecular complexity index is 916. The number of carbonyl (C=O) groups excluding carboxylic acids is 1. The zero-order valence-corrected chi connectivity index (χ0v) is 15.4. The topological polar surface area (TPSA) is 128 Å². The fourth-order valence-electron chi connectivity index (χ4n) is 2.14. The van der Waals surface area contributed by atoms with Gasteiger partial charge in [0.1, 0.15) is 5.75 Å². The molecule has 144 valence electrons. The SMILES string of the molecule is Cc1ccc(S(=O)(=O)NNC(=O)CCCOc2ccccc2)cc1[N+](=O)[O-]. The summed E-state index contributed by atoms with van der Waals surface area (Å²) in [6, 6.07) is 12.6. The van der Waals surface area contributed by atoms with E-state index in [9.17, 15) is 23.3 Å². The van der Waals surface area contributed by atoms with Crippen LogP contribution in [-0.4, -0.2) is 25.9 Å².